The Morgan fingerprint density at radius 3 is 0.703 bits per heavy atom. The lowest BCUT2D eigenvalue weighted by Crippen LogP contribution is -2.30. The number of esters is 4. The van der Waals surface area contributed by atoms with Crippen molar-refractivity contribution in [2.24, 2.45) is 11.8 Å². The first-order chi connectivity index (χ1) is 48.9. The number of phosphoric acid groups is 2. The first kappa shape index (κ1) is 99.1. The van der Waals surface area contributed by atoms with Crippen LogP contribution in [-0.4, -0.2) is 96.7 Å². The minimum absolute atomic E-state index is 0.106. The van der Waals surface area contributed by atoms with Crippen molar-refractivity contribution in [3.8, 4) is 0 Å². The highest BCUT2D eigenvalue weighted by atomic mass is 31.2. The van der Waals surface area contributed by atoms with Gasteiger partial charge in [-0.3, -0.25) is 37.3 Å². The van der Waals surface area contributed by atoms with Crippen LogP contribution in [0.4, 0.5) is 0 Å². The van der Waals surface area contributed by atoms with Gasteiger partial charge in [0.2, 0.25) is 0 Å². The fraction of sp³-hybridized carbons (Fsp3) is 0.951. The molecule has 0 aliphatic heterocycles. The average Bonchev–Trinajstić information content (AvgIpc) is 1.10. The van der Waals surface area contributed by atoms with Gasteiger partial charge in [-0.2, -0.15) is 0 Å². The summed E-state index contributed by atoms with van der Waals surface area (Å²) in [5, 5.41) is 10.6. The van der Waals surface area contributed by atoms with Crippen molar-refractivity contribution in [1.29, 1.82) is 0 Å². The Hall–Kier alpha value is -1.94. The molecule has 0 fully saturated rings. The van der Waals surface area contributed by atoms with E-state index in [0.717, 1.165) is 115 Å². The molecule has 0 aromatic rings. The molecule has 0 amide bonds. The smallest absolute Gasteiger partial charge is 0.462 e. The maximum absolute atomic E-state index is 13.1. The summed E-state index contributed by atoms with van der Waals surface area (Å²) in [7, 11) is -9.91. The van der Waals surface area contributed by atoms with E-state index in [9.17, 15) is 43.2 Å². The van der Waals surface area contributed by atoms with Crippen LogP contribution in [0.1, 0.15) is 433 Å². The normalized spacial score (nSPS) is 14.4. The third-order valence-electron chi connectivity index (χ3n) is 19.9. The van der Waals surface area contributed by atoms with E-state index in [1.54, 1.807) is 0 Å². The van der Waals surface area contributed by atoms with Gasteiger partial charge in [0.25, 0.3) is 0 Å². The van der Waals surface area contributed by atoms with Crippen molar-refractivity contribution in [3.63, 3.8) is 0 Å². The lowest BCUT2D eigenvalue weighted by Gasteiger charge is -2.21. The Balaban J connectivity index is 5.17. The predicted octanol–water partition coefficient (Wildman–Crippen LogP) is 24.7. The minimum Gasteiger partial charge on any atom is -0.462 e. The van der Waals surface area contributed by atoms with Crippen molar-refractivity contribution < 1.29 is 80.2 Å². The van der Waals surface area contributed by atoms with Gasteiger partial charge in [0, 0.05) is 25.7 Å². The molecule has 0 aliphatic carbocycles. The maximum atomic E-state index is 13.1. The molecule has 0 heterocycles. The molecule has 0 saturated heterocycles. The first-order valence-corrected chi connectivity index (χ1v) is 45.6. The summed E-state index contributed by atoms with van der Waals surface area (Å²) in [5.41, 5.74) is 0. The Kier molecular flexibility index (Phi) is 72.2. The van der Waals surface area contributed by atoms with Gasteiger partial charge in [-0.15, -0.1) is 0 Å². The second-order valence-electron chi connectivity index (χ2n) is 30.0. The molecule has 0 aliphatic rings. The second-order valence-corrected chi connectivity index (χ2v) is 32.9. The van der Waals surface area contributed by atoms with Crippen molar-refractivity contribution in [2.75, 3.05) is 39.6 Å². The van der Waals surface area contributed by atoms with Crippen LogP contribution in [0.15, 0.2) is 0 Å². The molecule has 4 unspecified atom stereocenters. The van der Waals surface area contributed by atoms with Crippen LogP contribution in [-0.2, 0) is 65.4 Å². The van der Waals surface area contributed by atoms with Crippen LogP contribution in [0.25, 0.3) is 0 Å². The fourth-order valence-corrected chi connectivity index (χ4v) is 14.2. The van der Waals surface area contributed by atoms with E-state index in [1.165, 1.54) is 238 Å². The molecule has 0 aromatic heterocycles. The Bertz CT molecular complexity index is 1950. The van der Waals surface area contributed by atoms with Gasteiger partial charge in [-0.05, 0) is 37.5 Å². The molecule has 0 radical (unpaired) electrons. The lowest BCUT2D eigenvalue weighted by atomic mass is 9.99. The highest BCUT2D eigenvalue weighted by molar-refractivity contribution is 7.47. The zero-order chi connectivity index (χ0) is 74.2. The van der Waals surface area contributed by atoms with Gasteiger partial charge in [-0.1, -0.05) is 382 Å². The predicted molar refractivity (Wildman–Crippen MR) is 414 cm³/mol. The summed E-state index contributed by atoms with van der Waals surface area (Å²) in [4.78, 5) is 72.9. The largest absolute Gasteiger partial charge is 0.472 e. The summed E-state index contributed by atoms with van der Waals surface area (Å²) < 4.78 is 68.6. The standard InChI is InChI=1S/C82H160O17P2/c1-7-11-13-15-17-18-19-20-21-22-26-29-32-35-41-47-53-59-65-80(85)93-71-78(99-81(86)66-60-54-48-42-36-33-30-27-24-23-25-28-31-34-39-45-50-56-62-74(5)9-3)73-97-101(90,91)95-69-76(83)68-94-100(88,89)96-72-77(70-92-79(84)64-58-52-44-16-14-12-8-2)98-82(87)67-61-55-49-43-38-37-40-46-51-57-63-75(6)10-4/h74-78,83H,7-73H2,1-6H3,(H,88,89)(H,90,91)/t74?,75?,76-,77+,78+/m0/s1. The number of hydrogen-bond donors (Lipinski definition) is 3. The molecule has 19 heteroatoms. The summed E-state index contributed by atoms with van der Waals surface area (Å²) in [6.07, 6.45) is 64.0. The minimum atomic E-state index is -4.96. The van der Waals surface area contributed by atoms with Crippen LogP contribution in [0.2, 0.25) is 0 Å². The van der Waals surface area contributed by atoms with Gasteiger partial charge >= 0.3 is 39.5 Å². The number of phosphoric ester groups is 2. The Morgan fingerprint density at radius 2 is 0.475 bits per heavy atom. The Labute approximate surface area is 619 Å². The van der Waals surface area contributed by atoms with Crippen LogP contribution < -0.4 is 0 Å². The summed E-state index contributed by atoms with van der Waals surface area (Å²) in [6, 6.07) is 0. The SMILES string of the molecule is CCCCCCCCCCCCCCCCCCCCC(=O)OC[C@H](COP(=O)(O)OC[C@@H](O)COP(=O)(O)OC[C@@H](COC(=O)CCCCCCCCC)OC(=O)CCCCCCCCCCCCC(C)CC)OC(=O)CCCCCCCCCCCCCCCCCCCCC(C)CC. The fourth-order valence-electron chi connectivity index (χ4n) is 12.6. The number of unbranched alkanes of at least 4 members (excludes halogenated alkanes) is 49. The van der Waals surface area contributed by atoms with E-state index in [1.807, 2.05) is 0 Å². The van der Waals surface area contributed by atoms with Crippen molar-refractivity contribution >= 4 is 39.5 Å². The summed E-state index contributed by atoms with van der Waals surface area (Å²) in [6.45, 7) is 9.69. The highest BCUT2D eigenvalue weighted by Gasteiger charge is 2.30. The van der Waals surface area contributed by atoms with Gasteiger partial charge < -0.3 is 33.8 Å². The monoisotopic (exact) mass is 1480 g/mol. The first-order valence-electron chi connectivity index (χ1n) is 42.6. The van der Waals surface area contributed by atoms with Crippen LogP contribution in [0.5, 0.6) is 0 Å². The lowest BCUT2D eigenvalue weighted by molar-refractivity contribution is -0.161. The van der Waals surface area contributed by atoms with Crippen LogP contribution in [0.3, 0.4) is 0 Å². The molecule has 101 heavy (non-hydrogen) atoms. The molecule has 600 valence electrons. The third kappa shape index (κ3) is 73.4. The number of aliphatic hydroxyl groups is 1. The van der Waals surface area contributed by atoms with E-state index in [2.05, 4.69) is 41.5 Å². The van der Waals surface area contributed by atoms with E-state index in [4.69, 9.17) is 37.0 Å². The van der Waals surface area contributed by atoms with E-state index < -0.39 is 97.5 Å². The quantitative estimate of drug-likeness (QED) is 0.0222. The molecule has 3 N–H and O–H groups in total. The number of carbonyl (C=O) groups excluding carboxylic acids is 4. The third-order valence-corrected chi connectivity index (χ3v) is 21.8. The number of ether oxygens (including phenoxy) is 4. The zero-order valence-corrected chi connectivity index (χ0v) is 68.0. The number of aliphatic hydroxyl groups excluding tert-OH is 1. The van der Waals surface area contributed by atoms with Crippen LogP contribution in [0, 0.1) is 11.8 Å². The van der Waals surface area contributed by atoms with Gasteiger partial charge in [-0.25, -0.2) is 9.13 Å². The molecule has 0 rings (SSSR count). The Morgan fingerprint density at radius 1 is 0.277 bits per heavy atom. The topological polar surface area (TPSA) is 237 Å². The highest BCUT2D eigenvalue weighted by Crippen LogP contribution is 2.45. The van der Waals surface area contributed by atoms with E-state index in [0.29, 0.717) is 25.7 Å². The van der Waals surface area contributed by atoms with E-state index >= 15 is 0 Å². The molecule has 7 atom stereocenters. The summed E-state index contributed by atoms with van der Waals surface area (Å²) in [5.74, 6) is -0.438. The van der Waals surface area contributed by atoms with Gasteiger partial charge in [0.15, 0.2) is 12.2 Å². The second kappa shape index (κ2) is 73.6. The number of rotatable bonds is 81. The number of carbonyl (C=O) groups is 4. The molecule has 0 bridgehead atoms. The molecule has 0 aromatic carbocycles. The molecule has 0 saturated carbocycles. The van der Waals surface area contributed by atoms with Crippen molar-refractivity contribution in [1.82, 2.24) is 0 Å². The van der Waals surface area contributed by atoms with Gasteiger partial charge in [0.05, 0.1) is 26.4 Å². The van der Waals surface area contributed by atoms with E-state index in [-0.39, 0.29) is 25.7 Å². The van der Waals surface area contributed by atoms with Crippen LogP contribution >= 0.6 is 15.6 Å². The number of hydrogen-bond acceptors (Lipinski definition) is 15. The average molecular weight is 1480 g/mol. The molecule has 17 nitrogen and oxygen atoms in total. The molecular formula is C82H160O17P2. The van der Waals surface area contributed by atoms with Crippen molar-refractivity contribution in [3.05, 3.63) is 0 Å². The molecule has 0 spiro atoms. The molecular weight excluding hydrogens is 1320 g/mol. The summed E-state index contributed by atoms with van der Waals surface area (Å²) >= 11 is 0. The van der Waals surface area contributed by atoms with Crippen molar-refractivity contribution in [2.45, 2.75) is 452 Å². The van der Waals surface area contributed by atoms with Gasteiger partial charge in [0.1, 0.15) is 19.3 Å². The maximum Gasteiger partial charge on any atom is 0.472 e. The zero-order valence-electron chi connectivity index (χ0n) is 66.2.